The van der Waals surface area contributed by atoms with Crippen LogP contribution in [0.2, 0.25) is 0 Å². The van der Waals surface area contributed by atoms with E-state index in [9.17, 15) is 4.79 Å². The number of benzene rings is 3. The summed E-state index contributed by atoms with van der Waals surface area (Å²) < 4.78 is 4.22. The number of para-hydroxylation sites is 4. The molecule has 1 amide bonds. The van der Waals surface area contributed by atoms with Crippen LogP contribution in [0.1, 0.15) is 0 Å². The second-order valence-electron chi connectivity index (χ2n) is 6.35. The molecule has 0 aliphatic carbocycles. The van der Waals surface area contributed by atoms with Crippen molar-refractivity contribution < 1.29 is 9.36 Å². The van der Waals surface area contributed by atoms with Crippen molar-refractivity contribution in [1.29, 1.82) is 0 Å². The number of hydrogen-bond acceptors (Lipinski definition) is 2. The second-order valence-corrected chi connectivity index (χ2v) is 6.35. The van der Waals surface area contributed by atoms with Crippen molar-refractivity contribution in [2.75, 3.05) is 17.3 Å². The zero-order chi connectivity index (χ0) is 18.8. The fourth-order valence-electron chi connectivity index (χ4n) is 3.41. The van der Waals surface area contributed by atoms with Crippen LogP contribution < -0.4 is 14.8 Å². The number of carbonyl (C=O) groups excluding carboxylic acids is 1. The normalized spacial score (nSPS) is 10.7. The molecule has 0 bridgehead atoms. The number of aromatic nitrogens is 2. The van der Waals surface area contributed by atoms with Crippen LogP contribution in [0.5, 0.6) is 0 Å². The summed E-state index contributed by atoms with van der Waals surface area (Å²) >= 11 is 0. The summed E-state index contributed by atoms with van der Waals surface area (Å²) in [5, 5.41) is 3.14. The third kappa shape index (κ3) is 2.93. The lowest BCUT2D eigenvalue weighted by Gasteiger charge is -2.21. The largest absolute Gasteiger partial charge is 0.386 e. The first-order valence-corrected chi connectivity index (χ1v) is 8.80. The molecule has 134 valence electrons. The number of imidazole rings is 1. The molecule has 0 aliphatic rings. The minimum Gasteiger partial charge on any atom is -0.386 e. The van der Waals surface area contributed by atoms with Gasteiger partial charge in [-0.2, -0.15) is 4.57 Å². The van der Waals surface area contributed by atoms with Crippen LogP contribution in [0.3, 0.4) is 0 Å². The number of amides is 1. The minimum absolute atomic E-state index is 0.811. The lowest BCUT2D eigenvalue weighted by atomic mass is 10.2. The van der Waals surface area contributed by atoms with Gasteiger partial charge in [0.1, 0.15) is 5.69 Å². The third-order valence-electron chi connectivity index (χ3n) is 4.73. The summed E-state index contributed by atoms with van der Waals surface area (Å²) in [5.41, 5.74) is 5.78. The van der Waals surface area contributed by atoms with E-state index in [1.54, 1.807) is 4.90 Å². The maximum atomic E-state index is 11.9. The van der Waals surface area contributed by atoms with Gasteiger partial charge in [-0.15, -0.1) is 0 Å². The predicted octanol–water partition coefficient (Wildman–Crippen LogP) is 3.79. The van der Waals surface area contributed by atoms with E-state index < -0.39 is 0 Å². The third-order valence-corrected chi connectivity index (χ3v) is 4.73. The molecule has 1 N–H and O–H groups in total. The fraction of sp³-hybridized carbons (Fsp3) is 0.0909. The van der Waals surface area contributed by atoms with Crippen molar-refractivity contribution in [3.05, 3.63) is 79.1 Å². The molecule has 0 atom stereocenters. The van der Waals surface area contributed by atoms with E-state index >= 15 is 0 Å². The molecule has 5 nitrogen and oxygen atoms in total. The van der Waals surface area contributed by atoms with Crippen molar-refractivity contribution >= 4 is 34.5 Å². The molecular formula is C22H21N4O+. The predicted molar refractivity (Wildman–Crippen MR) is 109 cm³/mol. The molecule has 0 saturated heterocycles. The van der Waals surface area contributed by atoms with Gasteiger partial charge in [-0.05, 0) is 36.4 Å². The number of hydrogen-bond donors (Lipinski definition) is 1. The quantitative estimate of drug-likeness (QED) is 0.436. The van der Waals surface area contributed by atoms with Gasteiger partial charge in [-0.25, -0.2) is 4.57 Å². The molecule has 0 fully saturated rings. The molecular weight excluding hydrogens is 336 g/mol. The average molecular weight is 357 g/mol. The Balaban J connectivity index is 1.83. The molecule has 0 aliphatic heterocycles. The highest BCUT2D eigenvalue weighted by molar-refractivity contribution is 5.92. The van der Waals surface area contributed by atoms with Crippen LogP contribution in [-0.4, -0.2) is 18.0 Å². The molecule has 1 heterocycles. The van der Waals surface area contributed by atoms with Gasteiger partial charge in [-0.1, -0.05) is 30.3 Å². The van der Waals surface area contributed by atoms with Crippen molar-refractivity contribution in [3.63, 3.8) is 0 Å². The van der Waals surface area contributed by atoms with Gasteiger partial charge < -0.3 is 5.32 Å². The van der Waals surface area contributed by atoms with Gasteiger partial charge in [0.15, 0.2) is 11.0 Å². The van der Waals surface area contributed by atoms with Crippen LogP contribution in [0, 0.1) is 0 Å². The second kappa shape index (κ2) is 6.96. The minimum atomic E-state index is 0.811. The average Bonchev–Trinajstić information content (AvgIpc) is 3.06. The van der Waals surface area contributed by atoms with Crippen molar-refractivity contribution in [3.8, 4) is 5.69 Å². The van der Waals surface area contributed by atoms with E-state index in [4.69, 9.17) is 0 Å². The first-order valence-electron chi connectivity index (χ1n) is 8.80. The Morgan fingerprint density at radius 1 is 1.00 bits per heavy atom. The number of carbonyl (C=O) groups is 1. The highest BCUT2D eigenvalue weighted by atomic mass is 16.1. The molecule has 0 unspecified atom stereocenters. The van der Waals surface area contributed by atoms with E-state index in [2.05, 4.69) is 32.9 Å². The summed E-state index contributed by atoms with van der Waals surface area (Å²) in [4.78, 5) is 13.6. The first-order chi connectivity index (χ1) is 13.2. The van der Waals surface area contributed by atoms with Gasteiger partial charge in [-0.3, -0.25) is 9.69 Å². The highest BCUT2D eigenvalue weighted by Gasteiger charge is 2.17. The molecule has 4 aromatic rings. The topological polar surface area (TPSA) is 41.2 Å². The van der Waals surface area contributed by atoms with E-state index in [1.165, 1.54) is 0 Å². The van der Waals surface area contributed by atoms with Crippen molar-refractivity contribution in [1.82, 2.24) is 4.57 Å². The van der Waals surface area contributed by atoms with Gasteiger partial charge in [0.05, 0.1) is 24.1 Å². The van der Waals surface area contributed by atoms with E-state index in [0.717, 1.165) is 40.2 Å². The number of nitrogens with zero attached hydrogens (tertiary/aromatic N) is 3. The van der Waals surface area contributed by atoms with Crippen LogP contribution in [0.15, 0.2) is 79.1 Å². The molecule has 0 radical (unpaired) electrons. The molecule has 5 heteroatoms. The van der Waals surface area contributed by atoms with E-state index in [0.29, 0.717) is 0 Å². The Bertz CT molecular complexity index is 1120. The molecule has 1 aromatic heterocycles. The summed E-state index contributed by atoms with van der Waals surface area (Å²) in [6.07, 6.45) is 2.90. The van der Waals surface area contributed by atoms with E-state index in [1.807, 2.05) is 74.8 Å². The Labute approximate surface area is 158 Å². The zero-order valence-electron chi connectivity index (χ0n) is 15.3. The Hall–Kier alpha value is -3.60. The maximum Gasteiger partial charge on any atom is 0.249 e. The molecule has 4 rings (SSSR count). The Morgan fingerprint density at radius 2 is 1.78 bits per heavy atom. The number of aryl methyl sites for hydroxylation is 1. The van der Waals surface area contributed by atoms with Crippen LogP contribution >= 0.6 is 0 Å². The van der Waals surface area contributed by atoms with Crippen LogP contribution in [0.25, 0.3) is 16.7 Å². The van der Waals surface area contributed by atoms with Gasteiger partial charge >= 0.3 is 0 Å². The monoisotopic (exact) mass is 357 g/mol. The molecule has 3 aromatic carbocycles. The number of rotatable bonds is 5. The van der Waals surface area contributed by atoms with Gasteiger partial charge in [0.25, 0.3) is 0 Å². The number of anilines is 3. The van der Waals surface area contributed by atoms with E-state index in [-0.39, 0.29) is 0 Å². The summed E-state index contributed by atoms with van der Waals surface area (Å²) in [6.45, 7) is 0. The van der Waals surface area contributed by atoms with Crippen molar-refractivity contribution in [2.45, 2.75) is 0 Å². The van der Waals surface area contributed by atoms with Crippen LogP contribution in [0.4, 0.5) is 17.1 Å². The fourth-order valence-corrected chi connectivity index (χ4v) is 3.41. The summed E-state index contributed by atoms with van der Waals surface area (Å²) in [6, 6.07) is 24.0. The smallest absolute Gasteiger partial charge is 0.249 e. The summed E-state index contributed by atoms with van der Waals surface area (Å²) in [5.74, 6) is 0. The lowest BCUT2D eigenvalue weighted by molar-refractivity contribution is -0.645. The van der Waals surface area contributed by atoms with Gasteiger partial charge in [0.2, 0.25) is 12.7 Å². The number of nitrogens with one attached hydrogen (secondary N) is 1. The molecule has 0 saturated carbocycles. The molecule has 27 heavy (non-hydrogen) atoms. The SMILES string of the molecule is CNc1ccccc1N(C=O)c1cccc(-n2c[n+](C)c3ccccc32)c1. The Morgan fingerprint density at radius 3 is 2.59 bits per heavy atom. The van der Waals surface area contributed by atoms with Gasteiger partial charge in [0, 0.05) is 13.1 Å². The van der Waals surface area contributed by atoms with Crippen LogP contribution in [-0.2, 0) is 11.8 Å². The highest BCUT2D eigenvalue weighted by Crippen LogP contribution is 2.31. The Kier molecular flexibility index (Phi) is 4.34. The number of fused-ring (bicyclic) bond motifs is 1. The molecule has 0 spiro atoms. The standard InChI is InChI=1S/C22H21N4O/c1-23-19-10-3-4-11-20(19)26(16-27)18-9-7-8-17(14-18)25-15-24(2)21-12-5-6-13-22(21)25/h3-16,23H,1-2H3/q+1. The zero-order valence-corrected chi connectivity index (χ0v) is 15.3. The first kappa shape index (κ1) is 16.8. The lowest BCUT2D eigenvalue weighted by Crippen LogP contribution is -2.25. The van der Waals surface area contributed by atoms with Crippen molar-refractivity contribution in [2.24, 2.45) is 7.05 Å². The summed E-state index contributed by atoms with van der Waals surface area (Å²) in [7, 11) is 3.88. The maximum absolute atomic E-state index is 11.9.